The summed E-state index contributed by atoms with van der Waals surface area (Å²) in [6.45, 7) is 12.1. The first kappa shape index (κ1) is 27.4. The molecule has 0 fully saturated rings. The van der Waals surface area contributed by atoms with Gasteiger partial charge in [0.05, 0.1) is 32.0 Å². The van der Waals surface area contributed by atoms with E-state index < -0.39 is 7.26 Å². The zero-order valence-electron chi connectivity index (χ0n) is 19.9. The van der Waals surface area contributed by atoms with Crippen molar-refractivity contribution in [3.05, 3.63) is 18.2 Å². The number of ether oxygens (including phenoxy) is 3. The largest absolute Gasteiger partial charge is 0.508 e. The van der Waals surface area contributed by atoms with Gasteiger partial charge in [-0.1, -0.05) is 40.0 Å². The van der Waals surface area contributed by atoms with Crippen LogP contribution in [0.5, 0.6) is 11.5 Å². The van der Waals surface area contributed by atoms with Crippen LogP contribution < -0.4 is 10.0 Å². The molecule has 172 valence electrons. The van der Waals surface area contributed by atoms with Gasteiger partial charge in [-0.15, -0.1) is 0 Å². The number of hydrogen-bond acceptors (Lipinski definition) is 4. The minimum atomic E-state index is -1.40. The van der Waals surface area contributed by atoms with Gasteiger partial charge >= 0.3 is 0 Å². The second-order valence-corrected chi connectivity index (χ2v) is 13.0. The smallest absolute Gasteiger partial charge is 0.166 e. The van der Waals surface area contributed by atoms with Gasteiger partial charge in [0.25, 0.3) is 0 Å². The number of hydrogen-bond donors (Lipinski definition) is 1. The van der Waals surface area contributed by atoms with E-state index in [-0.39, 0.29) is 5.91 Å². The standard InChI is InChI=1S/C24H43O4PSi/c1-6-11-16-29(17-12-7-2,18-13-8-3)23-19-21(25)14-15-22(23)28-20-30-24(26-9-4)27-10-5/h14-15,19,24H,6-13,16-18,20H2,1-5H3/p+1. The molecule has 0 aliphatic heterocycles. The van der Waals surface area contributed by atoms with E-state index in [4.69, 9.17) is 14.2 Å². The Labute approximate surface area is 188 Å². The van der Waals surface area contributed by atoms with Crippen LogP contribution in [0.25, 0.3) is 0 Å². The van der Waals surface area contributed by atoms with Crippen molar-refractivity contribution in [1.29, 1.82) is 0 Å². The van der Waals surface area contributed by atoms with Gasteiger partial charge in [0.1, 0.15) is 17.0 Å². The lowest BCUT2D eigenvalue weighted by atomic mass is 10.3. The maximum absolute atomic E-state index is 10.4. The maximum atomic E-state index is 10.4. The third-order valence-electron chi connectivity index (χ3n) is 5.39. The summed E-state index contributed by atoms with van der Waals surface area (Å²) in [5.74, 6) is 1.12. The second-order valence-electron chi connectivity index (χ2n) is 7.76. The van der Waals surface area contributed by atoms with Crippen molar-refractivity contribution in [2.45, 2.75) is 79.1 Å². The highest BCUT2D eigenvalue weighted by Crippen LogP contribution is 2.61. The van der Waals surface area contributed by atoms with Gasteiger partial charge in [0.2, 0.25) is 0 Å². The van der Waals surface area contributed by atoms with Crippen LogP contribution in [0.15, 0.2) is 18.2 Å². The maximum Gasteiger partial charge on any atom is 0.166 e. The molecule has 0 spiro atoms. The highest BCUT2D eigenvalue weighted by molar-refractivity contribution is 7.83. The van der Waals surface area contributed by atoms with Crippen LogP contribution in [0.2, 0.25) is 0 Å². The molecule has 0 aliphatic carbocycles. The van der Waals surface area contributed by atoms with E-state index in [2.05, 4.69) is 20.8 Å². The third-order valence-corrected chi connectivity index (χ3v) is 11.3. The molecule has 0 saturated carbocycles. The van der Waals surface area contributed by atoms with Crippen LogP contribution in [-0.2, 0) is 9.47 Å². The monoisotopic (exact) mass is 455 g/mol. The van der Waals surface area contributed by atoms with Crippen molar-refractivity contribution in [3.8, 4) is 11.5 Å². The Morgan fingerprint density at radius 2 is 1.40 bits per heavy atom. The summed E-state index contributed by atoms with van der Waals surface area (Å²) in [5.41, 5.74) is 0. The number of phenols is 1. The Balaban J connectivity index is 3.13. The predicted octanol–water partition coefficient (Wildman–Crippen LogP) is 5.83. The molecule has 1 aromatic rings. The Morgan fingerprint density at radius 3 is 1.87 bits per heavy atom. The fourth-order valence-electron chi connectivity index (χ4n) is 3.73. The number of aromatic hydroxyl groups is 1. The minimum Gasteiger partial charge on any atom is -0.508 e. The van der Waals surface area contributed by atoms with Gasteiger partial charge in [-0.3, -0.25) is 0 Å². The zero-order chi connectivity index (χ0) is 22.2. The molecule has 1 rings (SSSR count). The van der Waals surface area contributed by atoms with Crippen molar-refractivity contribution in [2.24, 2.45) is 0 Å². The van der Waals surface area contributed by atoms with Gasteiger partial charge in [-0.25, -0.2) is 0 Å². The molecule has 1 N–H and O–H groups in total. The van der Waals surface area contributed by atoms with Crippen molar-refractivity contribution in [3.63, 3.8) is 0 Å². The normalized spacial score (nSPS) is 11.9. The highest BCUT2D eigenvalue weighted by Gasteiger charge is 2.41. The van der Waals surface area contributed by atoms with Crippen LogP contribution in [0.1, 0.15) is 73.1 Å². The molecule has 0 saturated heterocycles. The van der Waals surface area contributed by atoms with Crippen LogP contribution in [0.3, 0.4) is 0 Å². The molecular weight excluding hydrogens is 411 g/mol. The Morgan fingerprint density at radius 1 is 0.867 bits per heavy atom. The third kappa shape index (κ3) is 9.26. The first-order chi connectivity index (χ1) is 14.6. The van der Waals surface area contributed by atoms with Gasteiger partial charge in [0, 0.05) is 19.3 Å². The fraction of sp³-hybridized carbons (Fsp3) is 0.750. The lowest BCUT2D eigenvalue weighted by Gasteiger charge is -2.29. The SMILES string of the molecule is CCCC[P+](CCCC)(CCCC)c1cc(O)ccc1OC[Si]C(OCC)OCC. The van der Waals surface area contributed by atoms with E-state index in [0.29, 0.717) is 34.7 Å². The van der Waals surface area contributed by atoms with Crippen molar-refractivity contribution < 1.29 is 19.3 Å². The number of phenolic OH excluding ortho intramolecular Hbond substituents is 1. The minimum absolute atomic E-state index is 0.194. The Kier molecular flexibility index (Phi) is 14.7. The quantitative estimate of drug-likeness (QED) is 0.172. The summed E-state index contributed by atoms with van der Waals surface area (Å²) < 4.78 is 17.7. The van der Waals surface area contributed by atoms with E-state index in [1.165, 1.54) is 62.3 Å². The van der Waals surface area contributed by atoms with Crippen molar-refractivity contribution in [1.82, 2.24) is 0 Å². The zero-order valence-corrected chi connectivity index (χ0v) is 21.8. The summed E-state index contributed by atoms with van der Waals surface area (Å²) in [7, 11) is -0.971. The van der Waals surface area contributed by atoms with E-state index in [1.54, 1.807) is 6.07 Å². The summed E-state index contributed by atoms with van der Waals surface area (Å²) in [6, 6.07) is 5.75. The van der Waals surface area contributed by atoms with E-state index in [9.17, 15) is 5.11 Å². The van der Waals surface area contributed by atoms with Crippen molar-refractivity contribution in [2.75, 3.05) is 37.9 Å². The van der Waals surface area contributed by atoms with Crippen LogP contribution >= 0.6 is 7.26 Å². The highest BCUT2D eigenvalue weighted by atomic mass is 31.2. The molecule has 0 atom stereocenters. The average molecular weight is 456 g/mol. The van der Waals surface area contributed by atoms with E-state index in [0.717, 1.165) is 5.75 Å². The predicted molar refractivity (Wildman–Crippen MR) is 132 cm³/mol. The summed E-state index contributed by atoms with van der Waals surface area (Å²) in [6.07, 6.45) is 11.7. The fourth-order valence-corrected chi connectivity index (χ4v) is 9.85. The molecule has 0 amide bonds. The summed E-state index contributed by atoms with van der Waals surface area (Å²) in [5, 5.41) is 11.7. The molecule has 30 heavy (non-hydrogen) atoms. The van der Waals surface area contributed by atoms with E-state index >= 15 is 0 Å². The van der Waals surface area contributed by atoms with E-state index in [1.807, 2.05) is 26.0 Å². The van der Waals surface area contributed by atoms with Gasteiger partial charge < -0.3 is 19.3 Å². The molecule has 0 heterocycles. The van der Waals surface area contributed by atoms with Crippen molar-refractivity contribution >= 4 is 22.1 Å². The van der Waals surface area contributed by atoms with Crippen LogP contribution in [0.4, 0.5) is 0 Å². The van der Waals surface area contributed by atoms with Gasteiger partial charge in [0.15, 0.2) is 15.3 Å². The molecule has 6 heteroatoms. The molecule has 0 bridgehead atoms. The number of rotatable bonds is 18. The summed E-state index contributed by atoms with van der Waals surface area (Å²) >= 11 is 0. The topological polar surface area (TPSA) is 47.9 Å². The Bertz CT molecular complexity index is 542. The number of benzene rings is 1. The van der Waals surface area contributed by atoms with Crippen LogP contribution in [-0.4, -0.2) is 58.5 Å². The summed E-state index contributed by atoms with van der Waals surface area (Å²) in [4.78, 5) is 0. The van der Waals surface area contributed by atoms with Gasteiger partial charge in [-0.05, 0) is 45.2 Å². The van der Waals surface area contributed by atoms with Crippen LogP contribution in [0, 0.1) is 0 Å². The van der Waals surface area contributed by atoms with Gasteiger partial charge in [-0.2, -0.15) is 0 Å². The average Bonchev–Trinajstić information content (AvgIpc) is 2.75. The molecule has 0 aliphatic rings. The molecular formula is C24H44O4PSi+. The number of unbranched alkanes of at least 4 members (excludes halogenated alkanes) is 3. The molecule has 1 aromatic carbocycles. The first-order valence-electron chi connectivity index (χ1n) is 11.9. The Hall–Kier alpha value is -0.613. The molecule has 0 unspecified atom stereocenters. The lowest BCUT2D eigenvalue weighted by Crippen LogP contribution is -2.30. The first-order valence-corrected chi connectivity index (χ1v) is 15.5. The molecule has 4 nitrogen and oxygen atoms in total. The molecule has 0 aromatic heterocycles. The lowest BCUT2D eigenvalue weighted by molar-refractivity contribution is -0.0835. The molecule has 2 radical (unpaired) electrons. The second kappa shape index (κ2) is 16.1.